The van der Waals surface area contributed by atoms with Crippen molar-refractivity contribution in [3.63, 3.8) is 0 Å². The van der Waals surface area contributed by atoms with Crippen molar-refractivity contribution in [2.24, 2.45) is 0 Å². The Balaban J connectivity index is 1.68. The number of hydrogen-bond donors (Lipinski definition) is 1. The van der Waals surface area contributed by atoms with Crippen molar-refractivity contribution in [1.82, 2.24) is 19.7 Å². The van der Waals surface area contributed by atoms with Gasteiger partial charge in [-0.3, -0.25) is 9.59 Å². The van der Waals surface area contributed by atoms with Gasteiger partial charge in [-0.25, -0.2) is 9.67 Å². The second kappa shape index (κ2) is 7.01. The molecule has 1 aromatic carbocycles. The van der Waals surface area contributed by atoms with Crippen LogP contribution in [0.3, 0.4) is 0 Å². The molecule has 0 aliphatic carbocycles. The third-order valence-corrected chi connectivity index (χ3v) is 4.48. The summed E-state index contributed by atoms with van der Waals surface area (Å²) in [4.78, 5) is 29.3. The van der Waals surface area contributed by atoms with Crippen molar-refractivity contribution in [2.45, 2.75) is 6.42 Å². The van der Waals surface area contributed by atoms with E-state index in [4.69, 9.17) is 11.6 Å². The maximum absolute atomic E-state index is 12.2. The molecule has 1 aliphatic heterocycles. The van der Waals surface area contributed by atoms with E-state index < -0.39 is 0 Å². The number of aromatic nitrogens is 3. The van der Waals surface area contributed by atoms with Crippen molar-refractivity contribution in [2.75, 3.05) is 24.2 Å². The molecule has 0 radical (unpaired) electrons. The van der Waals surface area contributed by atoms with Crippen LogP contribution in [-0.4, -0.2) is 49.7 Å². The van der Waals surface area contributed by atoms with Crippen LogP contribution in [0.25, 0.3) is 5.69 Å². The van der Waals surface area contributed by atoms with Crippen molar-refractivity contribution in [3.8, 4) is 5.69 Å². The number of anilines is 1. The van der Waals surface area contributed by atoms with Crippen LogP contribution in [0, 0.1) is 0 Å². The Morgan fingerprint density at radius 1 is 1.43 bits per heavy atom. The largest absolute Gasteiger partial charge is 0.332 e. The summed E-state index contributed by atoms with van der Waals surface area (Å²) in [5.74, 6) is 0.601. The normalized spacial score (nSPS) is 14.3. The molecule has 23 heavy (non-hydrogen) atoms. The maximum atomic E-state index is 12.2. The highest BCUT2D eigenvalue weighted by molar-refractivity contribution is 8.13. The molecule has 3 rings (SSSR count). The van der Waals surface area contributed by atoms with Crippen LogP contribution in [-0.2, 0) is 4.79 Å². The average Bonchev–Trinajstić information content (AvgIpc) is 3.17. The zero-order chi connectivity index (χ0) is 16.2. The molecule has 2 amide bonds. The van der Waals surface area contributed by atoms with E-state index in [9.17, 15) is 9.59 Å². The van der Waals surface area contributed by atoms with Crippen LogP contribution in [0.1, 0.15) is 6.42 Å². The number of carbonyl (C=O) groups excluding carboxylic acids is 2. The SMILES string of the molecule is O=C(CCN1CCSC1=O)Nc1cc(Cl)ccc1-n1cncn1. The van der Waals surface area contributed by atoms with Gasteiger partial charge in [0.25, 0.3) is 5.24 Å². The Morgan fingerprint density at radius 3 is 3.00 bits per heavy atom. The topological polar surface area (TPSA) is 80.1 Å². The number of rotatable bonds is 5. The first kappa shape index (κ1) is 15.8. The molecule has 9 heteroatoms. The van der Waals surface area contributed by atoms with E-state index in [1.165, 1.54) is 18.1 Å². The molecule has 1 N–H and O–H groups in total. The van der Waals surface area contributed by atoms with Gasteiger partial charge in [-0.15, -0.1) is 0 Å². The van der Waals surface area contributed by atoms with Gasteiger partial charge in [0, 0.05) is 30.3 Å². The Morgan fingerprint density at radius 2 is 2.30 bits per heavy atom. The van der Waals surface area contributed by atoms with E-state index in [0.717, 1.165) is 5.75 Å². The predicted molar refractivity (Wildman–Crippen MR) is 89.0 cm³/mol. The summed E-state index contributed by atoms with van der Waals surface area (Å²) in [5.41, 5.74) is 1.23. The lowest BCUT2D eigenvalue weighted by molar-refractivity contribution is -0.116. The first-order valence-electron chi connectivity index (χ1n) is 6.99. The average molecular weight is 352 g/mol. The van der Waals surface area contributed by atoms with Gasteiger partial charge < -0.3 is 10.2 Å². The molecule has 1 saturated heterocycles. The van der Waals surface area contributed by atoms with Gasteiger partial charge in [-0.05, 0) is 18.2 Å². The second-order valence-corrected chi connectivity index (χ2v) is 6.38. The summed E-state index contributed by atoms with van der Waals surface area (Å²) in [5, 5.41) is 7.42. The number of amides is 2. The van der Waals surface area contributed by atoms with E-state index in [0.29, 0.717) is 29.5 Å². The van der Waals surface area contributed by atoms with Crippen LogP contribution in [0.5, 0.6) is 0 Å². The van der Waals surface area contributed by atoms with Crippen LogP contribution < -0.4 is 5.32 Å². The highest BCUT2D eigenvalue weighted by Crippen LogP contribution is 2.24. The molecule has 0 saturated carbocycles. The standard InChI is InChI=1S/C14H14ClN5O2S/c15-10-1-2-12(20-9-16-8-17-20)11(7-10)18-13(21)3-4-19-5-6-23-14(19)22/h1-2,7-9H,3-6H2,(H,18,21). The fourth-order valence-corrected chi connectivity index (χ4v) is 3.24. The fraction of sp³-hybridized carbons (Fsp3) is 0.286. The smallest absolute Gasteiger partial charge is 0.281 e. The van der Waals surface area contributed by atoms with Gasteiger partial charge in [0.15, 0.2) is 0 Å². The second-order valence-electron chi connectivity index (χ2n) is 4.90. The molecule has 0 unspecified atom stereocenters. The third kappa shape index (κ3) is 3.83. The van der Waals surface area contributed by atoms with Crippen molar-refractivity contribution in [3.05, 3.63) is 35.9 Å². The highest BCUT2D eigenvalue weighted by Gasteiger charge is 2.21. The minimum atomic E-state index is -0.182. The number of benzene rings is 1. The highest BCUT2D eigenvalue weighted by atomic mass is 35.5. The quantitative estimate of drug-likeness (QED) is 0.894. The fourth-order valence-electron chi connectivity index (χ4n) is 2.22. The molecule has 2 heterocycles. The number of carbonyl (C=O) groups is 2. The maximum Gasteiger partial charge on any atom is 0.281 e. The molecule has 120 valence electrons. The van der Waals surface area contributed by atoms with Crippen LogP contribution in [0.2, 0.25) is 5.02 Å². The van der Waals surface area contributed by atoms with E-state index in [2.05, 4.69) is 15.4 Å². The molecule has 1 fully saturated rings. The molecule has 7 nitrogen and oxygen atoms in total. The molecule has 1 aromatic heterocycles. The monoisotopic (exact) mass is 351 g/mol. The summed E-state index contributed by atoms with van der Waals surface area (Å²) in [6.45, 7) is 1.11. The van der Waals surface area contributed by atoms with Crippen LogP contribution in [0.4, 0.5) is 10.5 Å². The van der Waals surface area contributed by atoms with E-state index in [-0.39, 0.29) is 17.6 Å². The number of hydrogen-bond acceptors (Lipinski definition) is 5. The Hall–Kier alpha value is -2.06. The Labute approximate surface area is 142 Å². The molecule has 0 spiro atoms. The van der Waals surface area contributed by atoms with Crippen molar-refractivity contribution in [1.29, 1.82) is 0 Å². The minimum Gasteiger partial charge on any atom is -0.332 e. The Kier molecular flexibility index (Phi) is 4.82. The lowest BCUT2D eigenvalue weighted by atomic mass is 10.2. The van der Waals surface area contributed by atoms with Gasteiger partial charge in [-0.1, -0.05) is 23.4 Å². The number of nitrogens with one attached hydrogen (secondary N) is 1. The molecular formula is C14H14ClN5O2S. The van der Waals surface area contributed by atoms with Crippen LogP contribution >= 0.6 is 23.4 Å². The van der Waals surface area contributed by atoms with Gasteiger partial charge >= 0.3 is 0 Å². The number of halogens is 1. The predicted octanol–water partition coefficient (Wildman–Crippen LogP) is 2.42. The molecule has 0 bridgehead atoms. The molecule has 1 aliphatic rings. The minimum absolute atomic E-state index is 0.0314. The summed E-state index contributed by atoms with van der Waals surface area (Å²) in [6, 6.07) is 5.13. The first-order valence-corrected chi connectivity index (χ1v) is 8.36. The van der Waals surface area contributed by atoms with Crippen LogP contribution in [0.15, 0.2) is 30.9 Å². The first-order chi connectivity index (χ1) is 11.1. The summed E-state index contributed by atoms with van der Waals surface area (Å²) >= 11 is 7.29. The summed E-state index contributed by atoms with van der Waals surface area (Å²) < 4.78 is 1.55. The van der Waals surface area contributed by atoms with Gasteiger partial charge in [0.1, 0.15) is 12.7 Å². The lowest BCUT2D eigenvalue weighted by Crippen LogP contribution is -2.28. The number of nitrogens with zero attached hydrogens (tertiary/aromatic N) is 4. The molecule has 2 aromatic rings. The number of thioether (sulfide) groups is 1. The van der Waals surface area contributed by atoms with Crippen molar-refractivity contribution >= 4 is 40.2 Å². The zero-order valence-corrected chi connectivity index (χ0v) is 13.7. The summed E-state index contributed by atoms with van der Waals surface area (Å²) in [7, 11) is 0. The molecule has 0 atom stereocenters. The van der Waals surface area contributed by atoms with Gasteiger partial charge in [0.05, 0.1) is 11.4 Å². The summed E-state index contributed by atoms with van der Waals surface area (Å²) in [6.07, 6.45) is 3.19. The van der Waals surface area contributed by atoms with Crippen molar-refractivity contribution < 1.29 is 9.59 Å². The zero-order valence-electron chi connectivity index (χ0n) is 12.1. The van der Waals surface area contributed by atoms with E-state index in [1.54, 1.807) is 34.1 Å². The lowest BCUT2D eigenvalue weighted by Gasteiger charge is -2.15. The van der Waals surface area contributed by atoms with Gasteiger partial charge in [-0.2, -0.15) is 5.10 Å². The van der Waals surface area contributed by atoms with Gasteiger partial charge in [0.2, 0.25) is 5.91 Å². The third-order valence-electron chi connectivity index (χ3n) is 3.35. The Bertz CT molecular complexity index is 722. The molecular weight excluding hydrogens is 338 g/mol. The van der Waals surface area contributed by atoms with E-state index in [1.807, 2.05) is 0 Å². The van der Waals surface area contributed by atoms with E-state index >= 15 is 0 Å².